The van der Waals surface area contributed by atoms with E-state index in [1.54, 1.807) is 13.8 Å². The fraction of sp³-hybridized carbons (Fsp3) is 0.500. The minimum Gasteiger partial charge on any atom is -0.285 e. The van der Waals surface area contributed by atoms with Crippen molar-refractivity contribution in [3.63, 3.8) is 0 Å². The maximum Gasteiger partial charge on any atom is 0.254 e. The van der Waals surface area contributed by atoms with Gasteiger partial charge in [-0.1, -0.05) is 0 Å². The third kappa shape index (κ3) is 2.30. The van der Waals surface area contributed by atoms with Crippen LogP contribution >= 0.6 is 11.8 Å². The quantitative estimate of drug-likeness (QED) is 0.688. The highest BCUT2D eigenvalue weighted by Gasteiger charge is 2.45. The fourth-order valence-electron chi connectivity index (χ4n) is 2.15. The van der Waals surface area contributed by atoms with Gasteiger partial charge in [0.25, 0.3) is 11.8 Å². The van der Waals surface area contributed by atoms with Gasteiger partial charge in [0.15, 0.2) is 0 Å². The third-order valence-electron chi connectivity index (χ3n) is 3.12. The molecule has 0 aromatic heterocycles. The first kappa shape index (κ1) is 13.8. The molecular weight excluding hydrogens is 268 g/mol. The van der Waals surface area contributed by atoms with Gasteiger partial charge < -0.3 is 0 Å². The first-order chi connectivity index (χ1) is 8.74. The van der Waals surface area contributed by atoms with E-state index in [9.17, 15) is 19.2 Å². The molecule has 0 N–H and O–H groups in total. The van der Waals surface area contributed by atoms with Crippen molar-refractivity contribution < 1.29 is 19.2 Å². The van der Waals surface area contributed by atoms with Gasteiger partial charge in [0.2, 0.25) is 11.8 Å². The molecule has 7 heteroatoms. The van der Waals surface area contributed by atoms with Crippen LogP contribution in [0.2, 0.25) is 0 Å². The van der Waals surface area contributed by atoms with Crippen LogP contribution in [0.3, 0.4) is 0 Å². The summed E-state index contributed by atoms with van der Waals surface area (Å²) in [5.74, 6) is -1.31. The van der Waals surface area contributed by atoms with Crippen molar-refractivity contribution in [2.75, 3.05) is 7.05 Å². The largest absolute Gasteiger partial charge is 0.285 e. The van der Waals surface area contributed by atoms with Crippen LogP contribution in [0.25, 0.3) is 0 Å². The molecule has 4 amide bonds. The maximum absolute atomic E-state index is 11.9. The number of carbonyl (C=O) groups is 4. The monoisotopic (exact) mass is 282 g/mol. The maximum atomic E-state index is 11.9. The molecule has 0 aromatic rings. The summed E-state index contributed by atoms with van der Waals surface area (Å²) in [6, 6.07) is 0. The highest BCUT2D eigenvalue weighted by molar-refractivity contribution is 8.01. The molecule has 2 rings (SSSR count). The van der Waals surface area contributed by atoms with Crippen molar-refractivity contribution in [2.24, 2.45) is 0 Å². The molecule has 2 heterocycles. The van der Waals surface area contributed by atoms with Gasteiger partial charge in [-0.3, -0.25) is 29.0 Å². The van der Waals surface area contributed by atoms with Crippen molar-refractivity contribution in [3.8, 4) is 0 Å². The molecule has 1 saturated heterocycles. The molecule has 0 radical (unpaired) electrons. The Bertz CT molecular complexity index is 494. The van der Waals surface area contributed by atoms with E-state index in [4.69, 9.17) is 0 Å². The van der Waals surface area contributed by atoms with E-state index in [0.29, 0.717) is 0 Å². The van der Waals surface area contributed by atoms with Crippen LogP contribution in [0.5, 0.6) is 0 Å². The lowest BCUT2D eigenvalue weighted by Crippen LogP contribution is -2.47. The highest BCUT2D eigenvalue weighted by atomic mass is 32.2. The molecule has 2 aliphatic rings. The van der Waals surface area contributed by atoms with Gasteiger partial charge >= 0.3 is 0 Å². The highest BCUT2D eigenvalue weighted by Crippen LogP contribution is 2.38. The van der Waals surface area contributed by atoms with Crippen molar-refractivity contribution >= 4 is 35.4 Å². The summed E-state index contributed by atoms with van der Waals surface area (Å²) in [6.07, 6.45) is 2.52. The van der Waals surface area contributed by atoms with Crippen LogP contribution in [0.15, 0.2) is 12.2 Å². The van der Waals surface area contributed by atoms with Crippen molar-refractivity contribution in [1.29, 1.82) is 0 Å². The predicted octanol–water partition coefficient (Wildman–Crippen LogP) is 0.138. The second kappa shape index (κ2) is 4.48. The summed E-state index contributed by atoms with van der Waals surface area (Å²) in [6.45, 7) is 3.38. The van der Waals surface area contributed by atoms with Gasteiger partial charge in [-0.2, -0.15) is 0 Å². The number of nitrogens with zero attached hydrogens (tertiary/aromatic N) is 2. The van der Waals surface area contributed by atoms with Crippen LogP contribution in [-0.2, 0) is 19.2 Å². The molecular formula is C12H14N2O4S. The molecule has 6 nitrogen and oxygen atoms in total. The summed E-state index contributed by atoms with van der Waals surface area (Å²) in [4.78, 5) is 47.9. The number of imide groups is 2. The average molecular weight is 282 g/mol. The van der Waals surface area contributed by atoms with E-state index in [1.165, 1.54) is 19.2 Å². The zero-order chi connectivity index (χ0) is 14.4. The lowest BCUT2D eigenvalue weighted by Gasteiger charge is -2.34. The fourth-order valence-corrected chi connectivity index (χ4v) is 3.61. The zero-order valence-corrected chi connectivity index (χ0v) is 11.7. The Labute approximate surface area is 114 Å². The smallest absolute Gasteiger partial charge is 0.254 e. The van der Waals surface area contributed by atoms with Crippen LogP contribution < -0.4 is 0 Å². The zero-order valence-electron chi connectivity index (χ0n) is 10.9. The van der Waals surface area contributed by atoms with E-state index in [-0.39, 0.29) is 18.2 Å². The van der Waals surface area contributed by atoms with Gasteiger partial charge in [-0.05, 0) is 13.8 Å². The molecule has 1 atom stereocenters. The molecule has 0 bridgehead atoms. The van der Waals surface area contributed by atoms with Gasteiger partial charge in [0, 0.05) is 25.6 Å². The van der Waals surface area contributed by atoms with Gasteiger partial charge in [-0.15, -0.1) is 11.8 Å². The number of likely N-dealkylation sites (tertiary alicyclic amines) is 1. The Morgan fingerprint density at radius 2 is 1.68 bits per heavy atom. The first-order valence-electron chi connectivity index (χ1n) is 5.78. The van der Waals surface area contributed by atoms with Gasteiger partial charge in [0.1, 0.15) is 0 Å². The molecule has 0 saturated carbocycles. The van der Waals surface area contributed by atoms with Crippen molar-refractivity contribution in [3.05, 3.63) is 12.2 Å². The molecule has 0 aromatic carbocycles. The number of rotatable bonds is 3. The van der Waals surface area contributed by atoms with Crippen LogP contribution in [-0.4, -0.2) is 50.6 Å². The number of carbonyl (C=O) groups excluding carboxylic acids is 4. The summed E-state index contributed by atoms with van der Waals surface area (Å²) in [7, 11) is 1.44. The Kier molecular flexibility index (Phi) is 3.25. The number of thioether (sulfide) groups is 1. The standard InChI is InChI=1S/C12H14N2O4S/c1-12(2,14-8(15)4-5-9(14)16)19-7-6-10(17)13(3)11(7)18/h4-5,7H,6H2,1-3H3. The first-order valence-corrected chi connectivity index (χ1v) is 6.66. The Morgan fingerprint density at radius 1 is 1.16 bits per heavy atom. The number of amides is 4. The molecule has 0 aliphatic carbocycles. The van der Waals surface area contributed by atoms with Crippen LogP contribution in [0.4, 0.5) is 0 Å². The summed E-state index contributed by atoms with van der Waals surface area (Å²) >= 11 is 1.16. The minimum absolute atomic E-state index is 0.104. The third-order valence-corrected chi connectivity index (χ3v) is 4.53. The molecule has 1 fully saturated rings. The van der Waals surface area contributed by atoms with E-state index >= 15 is 0 Å². The molecule has 19 heavy (non-hydrogen) atoms. The van der Waals surface area contributed by atoms with Crippen LogP contribution in [0, 0.1) is 0 Å². The topological polar surface area (TPSA) is 74.8 Å². The average Bonchev–Trinajstić information content (AvgIpc) is 2.75. The van der Waals surface area contributed by atoms with E-state index in [1.807, 2.05) is 0 Å². The molecule has 2 aliphatic heterocycles. The molecule has 1 unspecified atom stereocenters. The predicted molar refractivity (Wildman–Crippen MR) is 68.8 cm³/mol. The molecule has 102 valence electrons. The Morgan fingerprint density at radius 3 is 2.11 bits per heavy atom. The summed E-state index contributed by atoms with van der Waals surface area (Å²) in [5, 5.41) is -0.548. The van der Waals surface area contributed by atoms with Crippen LogP contribution in [0.1, 0.15) is 20.3 Å². The lowest BCUT2D eigenvalue weighted by atomic mass is 10.3. The minimum atomic E-state index is -0.872. The number of hydrogen-bond acceptors (Lipinski definition) is 5. The lowest BCUT2D eigenvalue weighted by molar-refractivity contribution is -0.140. The Balaban J connectivity index is 2.14. The second-order valence-electron chi connectivity index (χ2n) is 4.89. The van der Waals surface area contributed by atoms with E-state index in [0.717, 1.165) is 21.6 Å². The SMILES string of the molecule is CN1C(=O)CC(SC(C)(C)N2C(=O)C=CC2=O)C1=O. The summed E-state index contributed by atoms with van der Waals surface area (Å²) in [5.41, 5.74) is 0. The Hall–Kier alpha value is -1.63. The van der Waals surface area contributed by atoms with E-state index in [2.05, 4.69) is 0 Å². The van der Waals surface area contributed by atoms with Crippen molar-refractivity contribution in [1.82, 2.24) is 9.80 Å². The molecule has 0 spiro atoms. The van der Waals surface area contributed by atoms with Crippen molar-refractivity contribution in [2.45, 2.75) is 30.4 Å². The number of hydrogen-bond donors (Lipinski definition) is 0. The second-order valence-corrected chi connectivity index (χ2v) is 6.70. The summed E-state index contributed by atoms with van der Waals surface area (Å²) < 4.78 is 0. The van der Waals surface area contributed by atoms with Gasteiger partial charge in [-0.25, -0.2) is 0 Å². The normalized spacial score (nSPS) is 24.1. The van der Waals surface area contributed by atoms with E-state index < -0.39 is 21.9 Å². The van der Waals surface area contributed by atoms with Gasteiger partial charge in [0.05, 0.1) is 10.1 Å².